The van der Waals surface area contributed by atoms with Crippen LogP contribution in [0.3, 0.4) is 0 Å². The molecule has 3 aliphatic rings. The van der Waals surface area contributed by atoms with Gasteiger partial charge in [-0.15, -0.1) is 11.8 Å². The number of aromatic nitrogens is 1. The second kappa shape index (κ2) is 11.6. The van der Waals surface area contributed by atoms with E-state index in [1.807, 2.05) is 24.5 Å². The lowest BCUT2D eigenvalue weighted by Gasteiger charge is -2.43. The number of nitrogens with zero attached hydrogens (tertiary/aromatic N) is 4. The number of hydrogen-bond donors (Lipinski definition) is 0. The zero-order valence-electron chi connectivity index (χ0n) is 23.7. The topological polar surface area (TPSA) is 58.0 Å². The van der Waals surface area contributed by atoms with Crippen molar-refractivity contribution in [3.63, 3.8) is 0 Å². The summed E-state index contributed by atoms with van der Waals surface area (Å²) < 4.78 is 36.5. The molecule has 4 heterocycles. The largest absolute Gasteiger partial charge is 0.379 e. The normalized spacial score (nSPS) is 21.2. The standard InChI is InChI=1S/C31H33ClF2N4O3S/c1-4-26(39)36-7-8-37(18(2)15-36)28-19(3)31(40)38-21(16-35-9-11-41-12-10-35)17-42-30-27(24(32)14-23(28)29(30)38)22-6-5-20(33)13-25(22)34/h4-6,13-14,18,21H,1,7-12,15-17H2,2-3H3/t18-,21?/m0/s1. The van der Waals surface area contributed by atoms with Crippen LogP contribution in [0.15, 0.2) is 46.6 Å². The second-order valence-electron chi connectivity index (χ2n) is 11.1. The van der Waals surface area contributed by atoms with Crippen LogP contribution in [0.5, 0.6) is 0 Å². The molecule has 42 heavy (non-hydrogen) atoms. The van der Waals surface area contributed by atoms with Crippen LogP contribution in [0, 0.1) is 18.6 Å². The highest BCUT2D eigenvalue weighted by Crippen LogP contribution is 2.49. The first-order valence-corrected chi connectivity index (χ1v) is 15.5. The van der Waals surface area contributed by atoms with Crippen molar-refractivity contribution < 1.29 is 18.3 Å². The Morgan fingerprint density at radius 1 is 1.19 bits per heavy atom. The van der Waals surface area contributed by atoms with Gasteiger partial charge in [0, 0.05) is 84.1 Å². The molecule has 0 bridgehead atoms. The van der Waals surface area contributed by atoms with Crippen molar-refractivity contribution in [3.8, 4) is 11.1 Å². The van der Waals surface area contributed by atoms with Crippen molar-refractivity contribution in [2.75, 3.05) is 63.1 Å². The van der Waals surface area contributed by atoms with Gasteiger partial charge in [-0.05, 0) is 38.1 Å². The molecule has 3 aromatic rings. The van der Waals surface area contributed by atoms with Gasteiger partial charge in [-0.25, -0.2) is 8.78 Å². The quantitative estimate of drug-likeness (QED) is 0.373. The van der Waals surface area contributed by atoms with Crippen molar-refractivity contribution in [1.82, 2.24) is 14.4 Å². The minimum atomic E-state index is -0.707. The smallest absolute Gasteiger partial charge is 0.256 e. The summed E-state index contributed by atoms with van der Waals surface area (Å²) in [6.07, 6.45) is 1.32. The Morgan fingerprint density at radius 3 is 2.64 bits per heavy atom. The maximum absolute atomic E-state index is 15.2. The molecule has 6 rings (SSSR count). The van der Waals surface area contributed by atoms with Gasteiger partial charge in [0.1, 0.15) is 11.6 Å². The number of benzene rings is 2. The highest BCUT2D eigenvalue weighted by Gasteiger charge is 2.35. The third-order valence-corrected chi connectivity index (χ3v) is 10.1. The number of halogens is 3. The highest BCUT2D eigenvalue weighted by molar-refractivity contribution is 7.99. The van der Waals surface area contributed by atoms with Crippen molar-refractivity contribution in [1.29, 1.82) is 0 Å². The van der Waals surface area contributed by atoms with Gasteiger partial charge in [0.05, 0.1) is 35.5 Å². The van der Waals surface area contributed by atoms with E-state index in [0.717, 1.165) is 35.7 Å². The number of ether oxygens (including phenoxy) is 1. The molecule has 0 N–H and O–H groups in total. The number of amides is 1. The van der Waals surface area contributed by atoms with E-state index in [1.54, 1.807) is 16.7 Å². The predicted octanol–water partition coefficient (Wildman–Crippen LogP) is 5.11. The minimum absolute atomic E-state index is 0.0732. The van der Waals surface area contributed by atoms with Gasteiger partial charge in [0.15, 0.2) is 0 Å². The van der Waals surface area contributed by atoms with Crippen LogP contribution in [0.1, 0.15) is 18.5 Å². The van der Waals surface area contributed by atoms with Crippen LogP contribution >= 0.6 is 23.4 Å². The lowest BCUT2D eigenvalue weighted by Crippen LogP contribution is -2.54. The molecule has 11 heteroatoms. The molecule has 2 saturated heterocycles. The molecule has 0 aliphatic carbocycles. The van der Waals surface area contributed by atoms with E-state index in [4.69, 9.17) is 16.3 Å². The fourth-order valence-corrected chi connectivity index (χ4v) is 8.20. The molecule has 0 radical (unpaired) electrons. The molecule has 2 fully saturated rings. The number of rotatable bonds is 5. The number of thioether (sulfide) groups is 1. The first-order valence-electron chi connectivity index (χ1n) is 14.2. The number of piperazine rings is 1. The van der Waals surface area contributed by atoms with Crippen LogP contribution in [0.4, 0.5) is 14.5 Å². The summed E-state index contributed by atoms with van der Waals surface area (Å²) in [5.41, 5.74) is 2.68. The first-order chi connectivity index (χ1) is 20.2. The maximum atomic E-state index is 15.2. The lowest BCUT2D eigenvalue weighted by molar-refractivity contribution is -0.126. The van der Waals surface area contributed by atoms with Crippen LogP contribution < -0.4 is 10.5 Å². The van der Waals surface area contributed by atoms with Crippen molar-refractivity contribution in [2.24, 2.45) is 0 Å². The number of morpholine rings is 1. The average Bonchev–Trinajstić information content (AvgIpc) is 2.97. The summed E-state index contributed by atoms with van der Waals surface area (Å²) in [4.78, 5) is 33.6. The molecule has 1 aromatic heterocycles. The van der Waals surface area contributed by atoms with E-state index in [2.05, 4.69) is 16.4 Å². The summed E-state index contributed by atoms with van der Waals surface area (Å²) in [5.74, 6) is -0.890. The van der Waals surface area contributed by atoms with Gasteiger partial charge in [-0.3, -0.25) is 14.5 Å². The van der Waals surface area contributed by atoms with E-state index < -0.39 is 11.6 Å². The fraction of sp³-hybridized carbons (Fsp3) is 0.419. The summed E-state index contributed by atoms with van der Waals surface area (Å²) >= 11 is 8.52. The van der Waals surface area contributed by atoms with Gasteiger partial charge in [-0.1, -0.05) is 18.2 Å². The van der Waals surface area contributed by atoms with Crippen LogP contribution in [-0.2, 0) is 9.53 Å². The van der Waals surface area contributed by atoms with Crippen LogP contribution in [0.2, 0.25) is 5.02 Å². The molecule has 1 unspecified atom stereocenters. The zero-order valence-corrected chi connectivity index (χ0v) is 25.2. The number of carbonyl (C=O) groups excluding carboxylic acids is 1. The van der Waals surface area contributed by atoms with E-state index in [9.17, 15) is 14.0 Å². The van der Waals surface area contributed by atoms with Gasteiger partial charge < -0.3 is 19.1 Å². The van der Waals surface area contributed by atoms with Crippen LogP contribution in [0.25, 0.3) is 22.0 Å². The third-order valence-electron chi connectivity index (χ3n) is 8.56. The van der Waals surface area contributed by atoms with E-state index in [-0.39, 0.29) is 29.1 Å². The highest BCUT2D eigenvalue weighted by atomic mass is 35.5. The Hall–Kier alpha value is -2.92. The molecule has 2 atom stereocenters. The van der Waals surface area contributed by atoms with Crippen molar-refractivity contribution >= 4 is 45.9 Å². The van der Waals surface area contributed by atoms with E-state index in [1.165, 1.54) is 18.2 Å². The summed E-state index contributed by atoms with van der Waals surface area (Å²) in [7, 11) is 0. The van der Waals surface area contributed by atoms with Gasteiger partial charge in [0.2, 0.25) is 5.91 Å². The number of hydrogen-bond acceptors (Lipinski definition) is 6. The lowest BCUT2D eigenvalue weighted by atomic mass is 9.98. The molecule has 222 valence electrons. The average molecular weight is 615 g/mol. The summed E-state index contributed by atoms with van der Waals surface area (Å²) in [6.45, 7) is 12.6. The zero-order chi connectivity index (χ0) is 29.7. The molecular weight excluding hydrogens is 582 g/mol. The van der Waals surface area contributed by atoms with E-state index in [0.29, 0.717) is 66.2 Å². The molecule has 0 saturated carbocycles. The van der Waals surface area contributed by atoms with Crippen molar-refractivity contribution in [3.05, 3.63) is 69.5 Å². The first kappa shape index (κ1) is 29.2. The SMILES string of the molecule is C=CC(=O)N1CCN(c2c(C)c(=O)n3c4c(c(-c5ccc(F)cc5F)c(Cl)cc24)SCC3CN2CCOCC2)[C@@H](C)C1. The molecule has 0 spiro atoms. The minimum Gasteiger partial charge on any atom is -0.379 e. The number of pyridine rings is 1. The van der Waals surface area contributed by atoms with E-state index >= 15 is 4.39 Å². The molecule has 1 amide bonds. The Bertz CT molecular complexity index is 1640. The monoisotopic (exact) mass is 614 g/mol. The number of carbonyl (C=O) groups is 1. The van der Waals surface area contributed by atoms with Crippen molar-refractivity contribution in [2.45, 2.75) is 30.8 Å². The summed E-state index contributed by atoms with van der Waals surface area (Å²) in [6, 6.07) is 5.12. The Balaban J connectivity index is 1.57. The van der Waals surface area contributed by atoms with Gasteiger partial charge in [-0.2, -0.15) is 0 Å². The molecule has 2 aromatic carbocycles. The molecular formula is C31H33ClF2N4O3S. The Kier molecular flexibility index (Phi) is 8.08. The fourth-order valence-electron chi connectivity index (χ4n) is 6.51. The van der Waals surface area contributed by atoms with Crippen LogP contribution in [-0.4, -0.2) is 84.6 Å². The van der Waals surface area contributed by atoms with Gasteiger partial charge in [0.25, 0.3) is 5.56 Å². The second-order valence-corrected chi connectivity index (χ2v) is 12.6. The molecule has 3 aliphatic heterocycles. The Morgan fingerprint density at radius 2 is 1.95 bits per heavy atom. The third kappa shape index (κ3) is 5.02. The Labute approximate surface area is 252 Å². The number of anilines is 1. The molecule has 7 nitrogen and oxygen atoms in total. The van der Waals surface area contributed by atoms with Gasteiger partial charge >= 0.3 is 0 Å². The maximum Gasteiger partial charge on any atom is 0.256 e. The summed E-state index contributed by atoms with van der Waals surface area (Å²) in [5, 5.41) is 1.15. The predicted molar refractivity (Wildman–Crippen MR) is 164 cm³/mol.